The van der Waals surface area contributed by atoms with Crippen LogP contribution in [0.5, 0.6) is 0 Å². The highest BCUT2D eigenvalue weighted by atomic mass is 79.9. The summed E-state index contributed by atoms with van der Waals surface area (Å²) in [5.41, 5.74) is 1.41. The first kappa shape index (κ1) is 14.3. The van der Waals surface area contributed by atoms with E-state index in [4.69, 9.17) is 0 Å². The molecule has 0 N–H and O–H groups in total. The first-order valence-corrected chi connectivity index (χ1v) is 6.46. The van der Waals surface area contributed by atoms with E-state index in [1.54, 1.807) is 0 Å². The van der Waals surface area contributed by atoms with Crippen molar-refractivity contribution in [2.75, 3.05) is 5.75 Å². The second-order valence-electron chi connectivity index (χ2n) is 3.73. The van der Waals surface area contributed by atoms with Gasteiger partial charge in [-0.25, -0.2) is 0 Å². The minimum Gasteiger partial charge on any atom is -1.00 e. The molecule has 0 aliphatic rings. The van der Waals surface area contributed by atoms with Crippen molar-refractivity contribution in [2.24, 2.45) is 7.05 Å². The van der Waals surface area contributed by atoms with Gasteiger partial charge in [0.1, 0.15) is 7.05 Å². The van der Waals surface area contributed by atoms with E-state index < -0.39 is 0 Å². The molecule has 1 aromatic carbocycles. The lowest BCUT2D eigenvalue weighted by atomic mass is 10.2. The third-order valence-electron chi connectivity index (χ3n) is 2.49. The fourth-order valence-electron chi connectivity index (χ4n) is 1.58. The summed E-state index contributed by atoms with van der Waals surface area (Å²) in [5.74, 6) is 1.13. The summed E-state index contributed by atoms with van der Waals surface area (Å²) >= 11 is 1.90. The monoisotopic (exact) mass is 309 g/mol. The number of halogens is 1. The molecule has 2 aromatic rings. The topological polar surface area (TPSA) is 3.88 Å². The van der Waals surface area contributed by atoms with Crippen molar-refractivity contribution in [1.29, 1.82) is 0 Å². The normalized spacial score (nSPS) is 9.71. The van der Waals surface area contributed by atoms with Crippen molar-refractivity contribution < 1.29 is 21.5 Å². The Morgan fingerprint density at radius 3 is 2.41 bits per heavy atom. The van der Waals surface area contributed by atoms with Crippen molar-refractivity contribution in [1.82, 2.24) is 0 Å². The highest BCUT2D eigenvalue weighted by Crippen LogP contribution is 2.14. The maximum Gasteiger partial charge on any atom is 0.239 e. The Morgan fingerprint density at radius 1 is 1.00 bits per heavy atom. The van der Waals surface area contributed by atoms with Gasteiger partial charge >= 0.3 is 0 Å². The molecule has 0 radical (unpaired) electrons. The second kappa shape index (κ2) is 7.51. The van der Waals surface area contributed by atoms with Gasteiger partial charge in [-0.3, -0.25) is 0 Å². The molecule has 0 unspecified atom stereocenters. The Balaban J connectivity index is 0.00000144. The lowest BCUT2D eigenvalue weighted by molar-refractivity contribution is -0.708. The van der Waals surface area contributed by atoms with E-state index in [1.807, 2.05) is 11.8 Å². The van der Waals surface area contributed by atoms with Crippen molar-refractivity contribution in [3.63, 3.8) is 0 Å². The zero-order chi connectivity index (χ0) is 11.2. The summed E-state index contributed by atoms with van der Waals surface area (Å²) < 4.78 is 2.16. The lowest BCUT2D eigenvalue weighted by Crippen LogP contribution is -3.00. The Hall–Kier alpha value is -0.800. The molecule has 0 saturated carbocycles. The number of benzene rings is 1. The Labute approximate surface area is 118 Å². The number of hydrogen-bond acceptors (Lipinski definition) is 1. The Kier molecular flexibility index (Phi) is 6.30. The van der Waals surface area contributed by atoms with Crippen LogP contribution in [0, 0.1) is 0 Å². The summed E-state index contributed by atoms with van der Waals surface area (Å²) in [4.78, 5) is 0. The highest BCUT2D eigenvalue weighted by Gasteiger charge is 2.04. The molecule has 17 heavy (non-hydrogen) atoms. The second-order valence-corrected chi connectivity index (χ2v) is 4.85. The molecule has 3 heteroatoms. The van der Waals surface area contributed by atoms with Gasteiger partial charge < -0.3 is 17.0 Å². The summed E-state index contributed by atoms with van der Waals surface area (Å²) in [7, 11) is 2.09. The smallest absolute Gasteiger partial charge is 0.239 e. The number of thioether (sulfide) groups is 1. The quantitative estimate of drug-likeness (QED) is 0.561. The molecule has 1 nitrogen and oxygen atoms in total. The van der Waals surface area contributed by atoms with E-state index in [0.29, 0.717) is 0 Å². The minimum atomic E-state index is 0. The van der Waals surface area contributed by atoms with Crippen LogP contribution in [0.15, 0.2) is 59.8 Å². The summed E-state index contributed by atoms with van der Waals surface area (Å²) in [5, 5.41) is 1.32. The SMILES string of the molecule is C[n+]1ccccc1SCCc1ccccc1.[Br-]. The minimum absolute atomic E-state index is 0. The highest BCUT2D eigenvalue weighted by molar-refractivity contribution is 7.99. The average Bonchev–Trinajstić information content (AvgIpc) is 2.33. The largest absolute Gasteiger partial charge is 1.00 e. The van der Waals surface area contributed by atoms with Gasteiger partial charge in [0, 0.05) is 17.9 Å². The van der Waals surface area contributed by atoms with Crippen LogP contribution in [0.4, 0.5) is 0 Å². The van der Waals surface area contributed by atoms with Crippen molar-refractivity contribution in [3.8, 4) is 0 Å². The lowest BCUT2D eigenvalue weighted by Gasteiger charge is -2.00. The molecule has 0 aliphatic heterocycles. The van der Waals surface area contributed by atoms with Gasteiger partial charge in [0.05, 0.1) is 0 Å². The van der Waals surface area contributed by atoms with Crippen LogP contribution in [0.25, 0.3) is 0 Å². The Bertz CT molecular complexity index is 445. The summed E-state index contributed by atoms with van der Waals surface area (Å²) in [6, 6.07) is 16.9. The molecule has 1 heterocycles. The van der Waals surface area contributed by atoms with Gasteiger partial charge in [-0.2, -0.15) is 4.57 Å². The number of aryl methyl sites for hydroxylation is 2. The van der Waals surface area contributed by atoms with Crippen LogP contribution in [0.3, 0.4) is 0 Å². The first-order valence-electron chi connectivity index (χ1n) is 5.47. The number of aromatic nitrogens is 1. The standard InChI is InChI=1S/C14H16NS.BrH/c1-15-11-6-5-9-14(15)16-12-10-13-7-3-2-4-8-13;/h2-9,11H,10,12H2,1H3;1H/q+1;/p-1. The molecule has 1 aromatic heterocycles. The maximum absolute atomic E-state index is 2.19. The van der Waals surface area contributed by atoms with Gasteiger partial charge in [-0.05, 0) is 18.1 Å². The van der Waals surface area contributed by atoms with Crippen LogP contribution in [0.1, 0.15) is 5.56 Å². The van der Waals surface area contributed by atoms with Crippen LogP contribution in [-0.4, -0.2) is 5.75 Å². The molecule has 0 aliphatic carbocycles. The van der Waals surface area contributed by atoms with Crippen LogP contribution >= 0.6 is 11.8 Å². The van der Waals surface area contributed by atoms with Crippen LogP contribution in [-0.2, 0) is 13.5 Å². The molecule has 0 spiro atoms. The predicted molar refractivity (Wildman–Crippen MR) is 68.5 cm³/mol. The number of rotatable bonds is 4. The van der Waals surface area contributed by atoms with Gasteiger partial charge in [0.2, 0.25) is 5.03 Å². The van der Waals surface area contributed by atoms with Gasteiger partial charge in [-0.1, -0.05) is 42.1 Å². The van der Waals surface area contributed by atoms with Crippen molar-refractivity contribution in [3.05, 3.63) is 60.3 Å². The zero-order valence-electron chi connectivity index (χ0n) is 9.84. The molecular formula is C14H16BrNS. The summed E-state index contributed by atoms with van der Waals surface area (Å²) in [6.07, 6.45) is 3.21. The Morgan fingerprint density at radius 2 is 1.71 bits per heavy atom. The molecule has 0 atom stereocenters. The molecule has 90 valence electrons. The third kappa shape index (κ3) is 4.52. The predicted octanol–water partition coefficient (Wildman–Crippen LogP) is -0.150. The fourth-order valence-corrected chi connectivity index (χ4v) is 2.56. The van der Waals surface area contributed by atoms with Gasteiger partial charge in [0.25, 0.3) is 0 Å². The molecule has 0 saturated heterocycles. The molecule has 0 bridgehead atoms. The van der Waals surface area contributed by atoms with E-state index in [9.17, 15) is 0 Å². The van der Waals surface area contributed by atoms with Gasteiger partial charge in [0.15, 0.2) is 6.20 Å². The first-order chi connectivity index (χ1) is 7.86. The molecule has 2 rings (SSSR count). The maximum atomic E-state index is 2.19. The van der Waals surface area contributed by atoms with Crippen molar-refractivity contribution in [2.45, 2.75) is 11.4 Å². The van der Waals surface area contributed by atoms with E-state index in [-0.39, 0.29) is 17.0 Å². The van der Waals surface area contributed by atoms with E-state index in [1.165, 1.54) is 10.6 Å². The van der Waals surface area contributed by atoms with E-state index in [2.05, 4.69) is 66.3 Å². The molecular weight excluding hydrogens is 294 g/mol. The van der Waals surface area contributed by atoms with Crippen LogP contribution in [0.2, 0.25) is 0 Å². The fraction of sp³-hybridized carbons (Fsp3) is 0.214. The number of nitrogens with zero attached hydrogens (tertiary/aromatic N) is 1. The summed E-state index contributed by atoms with van der Waals surface area (Å²) in [6.45, 7) is 0. The number of hydrogen-bond donors (Lipinski definition) is 0. The van der Waals surface area contributed by atoms with Crippen LogP contribution < -0.4 is 21.5 Å². The average molecular weight is 310 g/mol. The number of pyridine rings is 1. The molecule has 0 amide bonds. The van der Waals surface area contributed by atoms with E-state index in [0.717, 1.165) is 12.2 Å². The van der Waals surface area contributed by atoms with Crippen molar-refractivity contribution >= 4 is 11.8 Å². The third-order valence-corrected chi connectivity index (χ3v) is 3.62. The molecule has 0 fully saturated rings. The van der Waals surface area contributed by atoms with E-state index >= 15 is 0 Å². The van der Waals surface area contributed by atoms with Gasteiger partial charge in [-0.15, -0.1) is 0 Å². The zero-order valence-corrected chi connectivity index (χ0v) is 12.2.